The van der Waals surface area contributed by atoms with Gasteiger partial charge in [0.25, 0.3) is 0 Å². The first kappa shape index (κ1) is 41.2. The van der Waals surface area contributed by atoms with Crippen molar-refractivity contribution >= 4 is 39.0 Å². The summed E-state index contributed by atoms with van der Waals surface area (Å²) in [4.78, 5) is 2.39. The minimum absolute atomic E-state index is 0.630. The Kier molecular flexibility index (Phi) is 11.1. The van der Waals surface area contributed by atoms with Gasteiger partial charge < -0.3 is 9.32 Å². The Morgan fingerprint density at radius 1 is 0.294 bits per heavy atom. The molecule has 326 valence electrons. The van der Waals surface area contributed by atoms with Gasteiger partial charge in [0.2, 0.25) is 0 Å². The van der Waals surface area contributed by atoms with Crippen LogP contribution in [0.15, 0.2) is 247 Å². The summed E-state index contributed by atoms with van der Waals surface area (Å²) in [6.45, 7) is 0. The van der Waals surface area contributed by atoms with Crippen LogP contribution in [0.2, 0.25) is 0 Å². The first-order valence-corrected chi connectivity index (χ1v) is 24.2. The Labute approximate surface area is 399 Å². The van der Waals surface area contributed by atoms with Crippen molar-refractivity contribution in [3.05, 3.63) is 248 Å². The maximum atomic E-state index is 6.51. The lowest BCUT2D eigenvalue weighted by molar-refractivity contribution is 0.443. The van der Waals surface area contributed by atoms with Crippen LogP contribution in [0.25, 0.3) is 88.7 Å². The molecule has 0 N–H and O–H groups in total. The van der Waals surface area contributed by atoms with Gasteiger partial charge in [0.1, 0.15) is 11.2 Å². The number of para-hydroxylation sites is 1. The van der Waals surface area contributed by atoms with Crippen LogP contribution in [-0.2, 0) is 0 Å². The molecule has 0 amide bonds. The molecule has 1 aliphatic rings. The summed E-state index contributed by atoms with van der Waals surface area (Å²) in [7, 11) is 0. The molecule has 11 aromatic rings. The standard InChI is InChI=1S/C66H51NO/c1-7-21-46(22-8-1)47-35-39-54(40-36-47)67(56-43-44-58-57-33-19-20-34-59(57)68-60(58)45-56)55-41-37-53(38-42-55)66-64(51-29-15-5-16-30-51)62(49-25-11-3-12-26-49)61(48-23-9-2-10-24-48)63(50-27-13-4-14-28-50)65(66)52-31-17-6-18-32-52/h2-6,9-20,23-46H,1,7-8,21-22H2. The quantitative estimate of drug-likeness (QED) is 0.136. The van der Waals surface area contributed by atoms with E-state index in [9.17, 15) is 0 Å². The van der Waals surface area contributed by atoms with E-state index in [1.807, 2.05) is 6.07 Å². The molecule has 12 rings (SSSR count). The maximum absolute atomic E-state index is 6.51. The van der Waals surface area contributed by atoms with Gasteiger partial charge in [-0.05, 0) is 134 Å². The summed E-state index contributed by atoms with van der Waals surface area (Å²) in [6.07, 6.45) is 6.52. The molecule has 0 radical (unpaired) electrons. The van der Waals surface area contributed by atoms with Gasteiger partial charge in [0.15, 0.2) is 0 Å². The van der Waals surface area contributed by atoms with Crippen molar-refractivity contribution in [3.8, 4) is 66.8 Å². The lowest BCUT2D eigenvalue weighted by Crippen LogP contribution is -2.10. The highest BCUT2D eigenvalue weighted by Gasteiger charge is 2.29. The highest BCUT2D eigenvalue weighted by Crippen LogP contribution is 2.56. The first-order chi connectivity index (χ1) is 33.8. The van der Waals surface area contributed by atoms with Crippen molar-refractivity contribution in [3.63, 3.8) is 0 Å². The first-order valence-electron chi connectivity index (χ1n) is 24.2. The van der Waals surface area contributed by atoms with Gasteiger partial charge in [-0.25, -0.2) is 0 Å². The SMILES string of the molecule is c1ccc(-c2c(-c3ccccc3)c(-c3ccccc3)c(-c3ccc(N(c4ccc(C5CCCCC5)cc4)c4ccc5c(c4)oc4ccccc45)cc3)c(-c3ccccc3)c2-c2ccccc2)cc1. The number of hydrogen-bond donors (Lipinski definition) is 0. The zero-order valence-electron chi connectivity index (χ0n) is 38.1. The smallest absolute Gasteiger partial charge is 0.137 e. The topological polar surface area (TPSA) is 16.4 Å². The van der Waals surface area contributed by atoms with E-state index in [4.69, 9.17) is 4.42 Å². The Bertz CT molecular complexity index is 3380. The summed E-state index contributed by atoms with van der Waals surface area (Å²) in [6, 6.07) is 88.7. The number of nitrogens with zero attached hydrogens (tertiary/aromatic N) is 1. The fraction of sp³-hybridized carbons (Fsp3) is 0.0909. The third-order valence-electron chi connectivity index (χ3n) is 14.1. The minimum atomic E-state index is 0.630. The number of anilines is 3. The van der Waals surface area contributed by atoms with E-state index in [-0.39, 0.29) is 0 Å². The Hall–Kier alpha value is -8.20. The number of fused-ring (bicyclic) bond motifs is 3. The van der Waals surface area contributed by atoms with Crippen molar-refractivity contribution in [2.24, 2.45) is 0 Å². The summed E-state index contributed by atoms with van der Waals surface area (Å²) in [5.41, 5.74) is 20.7. The summed E-state index contributed by atoms with van der Waals surface area (Å²) < 4.78 is 6.51. The molecule has 1 aliphatic carbocycles. The average Bonchev–Trinajstić information content (AvgIpc) is 3.80. The van der Waals surface area contributed by atoms with Gasteiger partial charge in [-0.2, -0.15) is 0 Å². The molecule has 68 heavy (non-hydrogen) atoms. The highest BCUT2D eigenvalue weighted by molar-refractivity contribution is 6.15. The van der Waals surface area contributed by atoms with E-state index < -0.39 is 0 Å². The molecule has 2 heteroatoms. The van der Waals surface area contributed by atoms with Crippen molar-refractivity contribution < 1.29 is 4.42 Å². The lowest BCUT2D eigenvalue weighted by atomic mass is 9.74. The molecule has 1 heterocycles. The Morgan fingerprint density at radius 2 is 0.647 bits per heavy atom. The zero-order chi connectivity index (χ0) is 45.2. The van der Waals surface area contributed by atoms with Gasteiger partial charge >= 0.3 is 0 Å². The van der Waals surface area contributed by atoms with Crippen LogP contribution in [-0.4, -0.2) is 0 Å². The van der Waals surface area contributed by atoms with E-state index in [1.54, 1.807) is 0 Å². The molecular weight excluding hydrogens is 823 g/mol. The molecule has 0 unspecified atom stereocenters. The third kappa shape index (κ3) is 7.68. The maximum Gasteiger partial charge on any atom is 0.137 e. The molecule has 0 spiro atoms. The predicted molar refractivity (Wildman–Crippen MR) is 287 cm³/mol. The second-order valence-electron chi connectivity index (χ2n) is 18.2. The largest absolute Gasteiger partial charge is 0.456 e. The predicted octanol–water partition coefficient (Wildman–Crippen LogP) is 19.1. The van der Waals surface area contributed by atoms with Crippen LogP contribution in [0.3, 0.4) is 0 Å². The molecule has 2 nitrogen and oxygen atoms in total. The minimum Gasteiger partial charge on any atom is -0.456 e. The van der Waals surface area contributed by atoms with Crippen molar-refractivity contribution in [1.29, 1.82) is 0 Å². The number of benzene rings is 10. The molecule has 0 bridgehead atoms. The molecule has 1 aromatic heterocycles. The van der Waals surface area contributed by atoms with E-state index in [0.717, 1.165) is 44.6 Å². The van der Waals surface area contributed by atoms with E-state index in [0.29, 0.717) is 5.92 Å². The normalized spacial score (nSPS) is 12.9. The van der Waals surface area contributed by atoms with Gasteiger partial charge in [0, 0.05) is 33.9 Å². The van der Waals surface area contributed by atoms with Crippen molar-refractivity contribution in [2.75, 3.05) is 4.90 Å². The summed E-state index contributed by atoms with van der Waals surface area (Å²) in [5.74, 6) is 0.630. The summed E-state index contributed by atoms with van der Waals surface area (Å²) >= 11 is 0. The van der Waals surface area contributed by atoms with Crippen LogP contribution < -0.4 is 4.90 Å². The van der Waals surface area contributed by atoms with Crippen LogP contribution >= 0.6 is 0 Å². The summed E-state index contributed by atoms with van der Waals surface area (Å²) in [5, 5.41) is 2.25. The number of hydrogen-bond acceptors (Lipinski definition) is 2. The zero-order valence-corrected chi connectivity index (χ0v) is 38.1. The van der Waals surface area contributed by atoms with Crippen molar-refractivity contribution in [1.82, 2.24) is 0 Å². The van der Waals surface area contributed by atoms with Crippen LogP contribution in [0.5, 0.6) is 0 Å². The second-order valence-corrected chi connectivity index (χ2v) is 18.2. The second kappa shape index (κ2) is 18.2. The molecule has 0 saturated heterocycles. The van der Waals surface area contributed by atoms with Gasteiger partial charge in [0.05, 0.1) is 0 Å². The van der Waals surface area contributed by atoms with Crippen LogP contribution in [0.1, 0.15) is 43.6 Å². The number of rotatable bonds is 10. The molecule has 0 atom stereocenters. The monoisotopic (exact) mass is 873 g/mol. The van der Waals surface area contributed by atoms with Gasteiger partial charge in [-0.3, -0.25) is 0 Å². The molecule has 1 fully saturated rings. The highest BCUT2D eigenvalue weighted by atomic mass is 16.3. The van der Waals surface area contributed by atoms with E-state index in [1.165, 1.54) is 98.9 Å². The third-order valence-corrected chi connectivity index (χ3v) is 14.1. The van der Waals surface area contributed by atoms with Gasteiger partial charge in [-0.1, -0.05) is 213 Å². The van der Waals surface area contributed by atoms with E-state index in [2.05, 4.69) is 241 Å². The Balaban J connectivity index is 1.13. The fourth-order valence-electron chi connectivity index (χ4n) is 10.9. The van der Waals surface area contributed by atoms with E-state index >= 15 is 0 Å². The van der Waals surface area contributed by atoms with Gasteiger partial charge in [-0.15, -0.1) is 0 Å². The van der Waals surface area contributed by atoms with Crippen LogP contribution in [0.4, 0.5) is 17.1 Å². The molecular formula is C66H51NO. The number of furan rings is 1. The molecule has 0 aliphatic heterocycles. The lowest BCUT2D eigenvalue weighted by Gasteiger charge is -2.29. The fourth-order valence-corrected chi connectivity index (χ4v) is 10.9. The molecule has 1 saturated carbocycles. The molecule has 10 aromatic carbocycles. The average molecular weight is 874 g/mol. The Morgan fingerprint density at radius 3 is 1.09 bits per heavy atom. The van der Waals surface area contributed by atoms with Crippen molar-refractivity contribution in [2.45, 2.75) is 38.0 Å². The van der Waals surface area contributed by atoms with Crippen LogP contribution in [0, 0.1) is 0 Å².